The van der Waals surface area contributed by atoms with Crippen LogP contribution in [0, 0.1) is 6.92 Å². The number of nitrogens with zero attached hydrogens (tertiary/aromatic N) is 2. The van der Waals surface area contributed by atoms with Gasteiger partial charge in [-0.05, 0) is 33.2 Å². The summed E-state index contributed by atoms with van der Waals surface area (Å²) in [4.78, 5) is 25.6. The Kier molecular flexibility index (Phi) is 5.32. The number of likely N-dealkylation sites (N-methyl/N-ethyl adjacent to an activating group) is 1. The van der Waals surface area contributed by atoms with Crippen molar-refractivity contribution in [3.8, 4) is 0 Å². The minimum Gasteiger partial charge on any atom is -0.361 e. The molecule has 7 nitrogen and oxygen atoms in total. The highest BCUT2D eigenvalue weighted by Gasteiger charge is 2.22. The molecule has 0 bridgehead atoms. The summed E-state index contributed by atoms with van der Waals surface area (Å²) in [6.07, 6.45) is 2.60. The van der Waals surface area contributed by atoms with Crippen molar-refractivity contribution >= 4 is 11.8 Å². The van der Waals surface area contributed by atoms with E-state index in [-0.39, 0.29) is 18.4 Å². The van der Waals surface area contributed by atoms with Crippen LogP contribution < -0.4 is 10.6 Å². The monoisotopic (exact) mass is 294 g/mol. The average Bonchev–Trinajstić information content (AvgIpc) is 2.70. The molecule has 0 aliphatic carbocycles. The first kappa shape index (κ1) is 15.5. The molecular weight excluding hydrogens is 272 g/mol. The van der Waals surface area contributed by atoms with Crippen LogP contribution in [0.1, 0.15) is 30.7 Å². The number of amides is 2. The fraction of sp³-hybridized carbons (Fsp3) is 0.643. The molecule has 1 aliphatic heterocycles. The summed E-state index contributed by atoms with van der Waals surface area (Å²) in [5, 5.41) is 9.49. The van der Waals surface area contributed by atoms with Gasteiger partial charge in [-0.1, -0.05) is 5.16 Å². The third kappa shape index (κ3) is 4.86. The van der Waals surface area contributed by atoms with Gasteiger partial charge in [0.2, 0.25) is 11.8 Å². The number of aryl methyl sites for hydroxylation is 1. The van der Waals surface area contributed by atoms with Crippen LogP contribution in [0.3, 0.4) is 0 Å². The number of aromatic nitrogens is 1. The summed E-state index contributed by atoms with van der Waals surface area (Å²) >= 11 is 0. The van der Waals surface area contributed by atoms with Crippen molar-refractivity contribution in [2.45, 2.75) is 38.8 Å². The first-order valence-electron chi connectivity index (χ1n) is 7.22. The van der Waals surface area contributed by atoms with E-state index in [1.165, 1.54) is 0 Å². The maximum Gasteiger partial charge on any atom is 0.242 e. The van der Waals surface area contributed by atoms with Gasteiger partial charge in [0.1, 0.15) is 11.8 Å². The Morgan fingerprint density at radius 2 is 2.38 bits per heavy atom. The minimum absolute atomic E-state index is 0.0874. The molecule has 2 N–H and O–H groups in total. The normalized spacial score (nSPS) is 19.2. The van der Waals surface area contributed by atoms with Crippen LogP contribution in [0.2, 0.25) is 0 Å². The minimum atomic E-state index is -0.414. The highest BCUT2D eigenvalue weighted by Crippen LogP contribution is 2.06. The fourth-order valence-electron chi connectivity index (χ4n) is 2.39. The standard InChI is InChI=1S/C14H22N4O3/c1-10-7-11(17-21-10)8-18(2)9-13(19)16-12-5-3-4-6-15-14(12)20/h7,12H,3-6,8-9H2,1-2H3,(H,15,20)(H,16,19)/t12-/m0/s1. The summed E-state index contributed by atoms with van der Waals surface area (Å²) in [6.45, 7) is 3.27. The van der Waals surface area contributed by atoms with Crippen molar-refractivity contribution in [2.75, 3.05) is 20.1 Å². The Labute approximate surface area is 124 Å². The van der Waals surface area contributed by atoms with Gasteiger partial charge in [0, 0.05) is 19.2 Å². The van der Waals surface area contributed by atoms with Crippen molar-refractivity contribution in [2.24, 2.45) is 0 Å². The van der Waals surface area contributed by atoms with E-state index >= 15 is 0 Å². The van der Waals surface area contributed by atoms with Gasteiger partial charge in [0.15, 0.2) is 0 Å². The van der Waals surface area contributed by atoms with Crippen LogP contribution in [0.4, 0.5) is 0 Å². The smallest absolute Gasteiger partial charge is 0.242 e. The summed E-state index contributed by atoms with van der Waals surface area (Å²) in [7, 11) is 1.83. The molecule has 116 valence electrons. The summed E-state index contributed by atoms with van der Waals surface area (Å²) in [5.41, 5.74) is 0.787. The van der Waals surface area contributed by atoms with Crippen molar-refractivity contribution in [3.63, 3.8) is 0 Å². The molecule has 0 radical (unpaired) electrons. The van der Waals surface area contributed by atoms with Gasteiger partial charge in [-0.25, -0.2) is 0 Å². The van der Waals surface area contributed by atoms with E-state index in [9.17, 15) is 9.59 Å². The van der Waals surface area contributed by atoms with Gasteiger partial charge < -0.3 is 15.2 Å². The van der Waals surface area contributed by atoms with E-state index < -0.39 is 6.04 Å². The number of hydrogen-bond acceptors (Lipinski definition) is 5. The maximum absolute atomic E-state index is 12.0. The van der Waals surface area contributed by atoms with Crippen molar-refractivity contribution in [1.82, 2.24) is 20.7 Å². The lowest BCUT2D eigenvalue weighted by molar-refractivity contribution is -0.129. The van der Waals surface area contributed by atoms with Gasteiger partial charge >= 0.3 is 0 Å². The number of carbonyl (C=O) groups is 2. The molecule has 2 amide bonds. The molecule has 0 unspecified atom stereocenters. The average molecular weight is 294 g/mol. The van der Waals surface area contributed by atoms with Gasteiger partial charge in [0.25, 0.3) is 0 Å². The molecule has 1 fully saturated rings. The summed E-state index contributed by atoms with van der Waals surface area (Å²) in [6, 6.07) is 1.43. The van der Waals surface area contributed by atoms with Crippen molar-refractivity contribution in [1.29, 1.82) is 0 Å². The van der Waals surface area contributed by atoms with Crippen molar-refractivity contribution < 1.29 is 14.1 Å². The highest BCUT2D eigenvalue weighted by atomic mass is 16.5. The zero-order valence-electron chi connectivity index (χ0n) is 12.5. The lowest BCUT2D eigenvalue weighted by Gasteiger charge is -2.18. The maximum atomic E-state index is 12.0. The number of nitrogens with one attached hydrogen (secondary N) is 2. The lowest BCUT2D eigenvalue weighted by Crippen LogP contribution is -2.48. The molecule has 0 spiro atoms. The number of rotatable bonds is 5. The Morgan fingerprint density at radius 1 is 1.57 bits per heavy atom. The zero-order valence-corrected chi connectivity index (χ0v) is 12.5. The Morgan fingerprint density at radius 3 is 3.10 bits per heavy atom. The van der Waals surface area contributed by atoms with Crippen LogP contribution in [0.5, 0.6) is 0 Å². The molecule has 1 aromatic rings. The molecule has 1 aromatic heterocycles. The summed E-state index contributed by atoms with van der Waals surface area (Å²) in [5.74, 6) is 0.508. The van der Waals surface area contributed by atoms with Crippen LogP contribution >= 0.6 is 0 Å². The molecular formula is C14H22N4O3. The second-order valence-electron chi connectivity index (χ2n) is 5.51. The fourth-order valence-corrected chi connectivity index (χ4v) is 2.39. The number of carbonyl (C=O) groups excluding carboxylic acids is 2. The van der Waals surface area contributed by atoms with Crippen LogP contribution in [-0.4, -0.2) is 48.0 Å². The lowest BCUT2D eigenvalue weighted by atomic mass is 10.1. The van der Waals surface area contributed by atoms with Crippen LogP contribution in [0.25, 0.3) is 0 Å². The molecule has 7 heteroatoms. The third-order valence-corrected chi connectivity index (χ3v) is 3.39. The Balaban J connectivity index is 1.79. The first-order valence-corrected chi connectivity index (χ1v) is 7.22. The third-order valence-electron chi connectivity index (χ3n) is 3.39. The SMILES string of the molecule is Cc1cc(CN(C)CC(=O)N[C@H]2CCCCNC2=O)no1. The van der Waals surface area contributed by atoms with E-state index in [0.29, 0.717) is 19.5 Å². The molecule has 2 heterocycles. The Bertz CT molecular complexity index is 500. The van der Waals surface area contributed by atoms with E-state index in [4.69, 9.17) is 4.52 Å². The van der Waals surface area contributed by atoms with E-state index in [1.54, 1.807) is 0 Å². The topological polar surface area (TPSA) is 87.5 Å². The Hall–Kier alpha value is -1.89. The molecule has 0 aromatic carbocycles. The van der Waals surface area contributed by atoms with Gasteiger partial charge in [-0.15, -0.1) is 0 Å². The molecule has 0 saturated carbocycles. The van der Waals surface area contributed by atoms with E-state index in [1.807, 2.05) is 24.9 Å². The largest absolute Gasteiger partial charge is 0.361 e. The number of hydrogen-bond donors (Lipinski definition) is 2. The molecule has 2 rings (SSSR count). The van der Waals surface area contributed by atoms with Crippen LogP contribution in [0.15, 0.2) is 10.6 Å². The van der Waals surface area contributed by atoms with Crippen molar-refractivity contribution in [3.05, 3.63) is 17.5 Å². The van der Waals surface area contributed by atoms with E-state index in [0.717, 1.165) is 24.3 Å². The van der Waals surface area contributed by atoms with Gasteiger partial charge in [0.05, 0.1) is 12.2 Å². The molecule has 1 aliphatic rings. The predicted molar refractivity (Wildman–Crippen MR) is 76.4 cm³/mol. The molecule has 21 heavy (non-hydrogen) atoms. The quantitative estimate of drug-likeness (QED) is 0.810. The predicted octanol–water partition coefficient (Wildman–Crippen LogP) is 0.200. The summed E-state index contributed by atoms with van der Waals surface area (Å²) < 4.78 is 4.99. The van der Waals surface area contributed by atoms with Gasteiger partial charge in [-0.3, -0.25) is 14.5 Å². The molecule has 1 saturated heterocycles. The highest BCUT2D eigenvalue weighted by molar-refractivity contribution is 5.88. The second-order valence-corrected chi connectivity index (χ2v) is 5.51. The second kappa shape index (κ2) is 7.21. The van der Waals surface area contributed by atoms with E-state index in [2.05, 4.69) is 15.8 Å². The molecule has 1 atom stereocenters. The first-order chi connectivity index (χ1) is 10.0. The van der Waals surface area contributed by atoms with Crippen LogP contribution in [-0.2, 0) is 16.1 Å². The van der Waals surface area contributed by atoms with Gasteiger partial charge in [-0.2, -0.15) is 0 Å². The zero-order chi connectivity index (χ0) is 15.2.